The molecule has 0 aliphatic rings. The smallest absolute Gasteiger partial charge is 0.288 e. The van der Waals surface area contributed by atoms with Crippen LogP contribution in [-0.4, -0.2) is 34.0 Å². The van der Waals surface area contributed by atoms with Crippen molar-refractivity contribution in [1.29, 1.82) is 0 Å². The Morgan fingerprint density at radius 2 is 2.21 bits per heavy atom. The van der Waals surface area contributed by atoms with Gasteiger partial charge in [-0.1, -0.05) is 12.1 Å². The zero-order valence-corrected chi connectivity index (χ0v) is 10.4. The minimum absolute atomic E-state index is 0.0480. The number of aliphatic hydroxyl groups excluding tert-OH is 1. The van der Waals surface area contributed by atoms with Crippen LogP contribution < -0.4 is 14.5 Å². The van der Waals surface area contributed by atoms with Gasteiger partial charge in [-0.05, 0) is 17.7 Å². The molecule has 1 heterocycles. The maximum atomic E-state index is 11.8. The summed E-state index contributed by atoms with van der Waals surface area (Å²) in [5, 5.41) is 28.2. The Bertz CT molecular complexity index is 563. The zero-order chi connectivity index (χ0) is 13.7. The molecule has 19 heavy (non-hydrogen) atoms. The van der Waals surface area contributed by atoms with Gasteiger partial charge in [0.25, 0.3) is 6.33 Å². The number of rotatable bonds is 5. The Morgan fingerprint density at radius 3 is 2.79 bits per heavy atom. The van der Waals surface area contributed by atoms with E-state index in [2.05, 4.69) is 10.2 Å². The van der Waals surface area contributed by atoms with Crippen molar-refractivity contribution < 1.29 is 19.6 Å². The standard InChI is InChI=1S/C12H14N4O3/c1-15-9-16(8-13-15)14-12(18)10-2-4-11(5-3-10)19-7-6-17/h2-5,8-9,17H,6-7H2,1H3. The van der Waals surface area contributed by atoms with Crippen molar-refractivity contribution in [3.8, 4) is 5.75 Å². The van der Waals surface area contributed by atoms with E-state index in [0.29, 0.717) is 11.3 Å². The monoisotopic (exact) mass is 262 g/mol. The van der Waals surface area contributed by atoms with Gasteiger partial charge in [-0.25, -0.2) is 0 Å². The molecule has 2 rings (SSSR count). The molecule has 0 aliphatic heterocycles. The van der Waals surface area contributed by atoms with E-state index >= 15 is 0 Å². The molecule has 0 aliphatic carbocycles. The Labute approximate surface area is 110 Å². The predicted octanol–water partition coefficient (Wildman–Crippen LogP) is -1.35. The molecule has 0 amide bonds. The molecule has 0 atom stereocenters. The molecule has 100 valence electrons. The number of aliphatic hydroxyl groups is 1. The van der Waals surface area contributed by atoms with E-state index in [-0.39, 0.29) is 19.1 Å². The van der Waals surface area contributed by atoms with E-state index in [1.54, 1.807) is 42.3 Å². The van der Waals surface area contributed by atoms with E-state index in [9.17, 15) is 5.11 Å². The first-order valence-corrected chi connectivity index (χ1v) is 5.69. The molecular formula is C12H14N4O3. The molecule has 1 aromatic carbocycles. The third-order valence-corrected chi connectivity index (χ3v) is 2.31. The minimum Gasteiger partial charge on any atom is -0.856 e. The van der Waals surface area contributed by atoms with Gasteiger partial charge in [-0.15, -0.1) is 14.5 Å². The quantitative estimate of drug-likeness (QED) is 0.410. The summed E-state index contributed by atoms with van der Waals surface area (Å²) >= 11 is 0. The highest BCUT2D eigenvalue weighted by Gasteiger charge is 2.00. The lowest BCUT2D eigenvalue weighted by atomic mass is 10.2. The lowest BCUT2D eigenvalue weighted by Gasteiger charge is -2.09. The Morgan fingerprint density at radius 1 is 1.47 bits per heavy atom. The first-order chi connectivity index (χ1) is 9.19. The topological polar surface area (TPSA) is 86.6 Å². The summed E-state index contributed by atoms with van der Waals surface area (Å²) in [6.45, 7) is 0.177. The molecule has 0 saturated carbocycles. The second-order valence-electron chi connectivity index (χ2n) is 3.80. The third kappa shape index (κ3) is 3.52. The second kappa shape index (κ2) is 5.96. The fourth-order valence-corrected chi connectivity index (χ4v) is 1.44. The Hall–Kier alpha value is -2.41. The van der Waals surface area contributed by atoms with Gasteiger partial charge < -0.3 is 14.9 Å². The largest absolute Gasteiger partial charge is 0.856 e. The lowest BCUT2D eigenvalue weighted by Crippen LogP contribution is -2.32. The summed E-state index contributed by atoms with van der Waals surface area (Å²) in [5.74, 6) is 0.228. The van der Waals surface area contributed by atoms with Crippen LogP contribution in [0.15, 0.2) is 42.0 Å². The highest BCUT2D eigenvalue weighted by Crippen LogP contribution is 2.11. The van der Waals surface area contributed by atoms with E-state index < -0.39 is 0 Å². The molecule has 1 N–H and O–H groups in total. The van der Waals surface area contributed by atoms with Crippen molar-refractivity contribution in [2.45, 2.75) is 0 Å². The fraction of sp³-hybridized carbons (Fsp3) is 0.250. The zero-order valence-electron chi connectivity index (χ0n) is 10.4. The normalized spacial score (nSPS) is 11.6. The predicted molar refractivity (Wildman–Crippen MR) is 64.4 cm³/mol. The summed E-state index contributed by atoms with van der Waals surface area (Å²) in [6.07, 6.45) is 3.02. The highest BCUT2D eigenvalue weighted by molar-refractivity contribution is 5.90. The van der Waals surface area contributed by atoms with Gasteiger partial charge in [0.1, 0.15) is 12.4 Å². The third-order valence-electron chi connectivity index (χ3n) is 2.31. The Kier molecular flexibility index (Phi) is 4.09. The lowest BCUT2D eigenvalue weighted by molar-refractivity contribution is -0.682. The number of nitrogens with zero attached hydrogens (tertiary/aromatic N) is 4. The molecule has 0 radical (unpaired) electrons. The van der Waals surface area contributed by atoms with Crippen LogP contribution in [0, 0.1) is 0 Å². The van der Waals surface area contributed by atoms with Crippen LogP contribution >= 0.6 is 0 Å². The first-order valence-electron chi connectivity index (χ1n) is 5.69. The average Bonchev–Trinajstić information content (AvgIpc) is 2.82. The van der Waals surface area contributed by atoms with Crippen LogP contribution in [0.2, 0.25) is 0 Å². The van der Waals surface area contributed by atoms with E-state index in [4.69, 9.17) is 9.84 Å². The van der Waals surface area contributed by atoms with Crippen molar-refractivity contribution in [2.24, 2.45) is 12.1 Å². The molecule has 7 heteroatoms. The van der Waals surface area contributed by atoms with Gasteiger partial charge in [-0.3, -0.25) is 0 Å². The highest BCUT2D eigenvalue weighted by atomic mass is 16.5. The van der Waals surface area contributed by atoms with E-state index in [0.717, 1.165) is 0 Å². The number of ether oxygens (including phenoxy) is 1. The van der Waals surface area contributed by atoms with Crippen molar-refractivity contribution in [3.05, 3.63) is 42.5 Å². The molecule has 0 saturated heterocycles. The number of aromatic nitrogens is 3. The van der Waals surface area contributed by atoms with Gasteiger partial charge in [0, 0.05) is 11.0 Å². The SMILES string of the molecule is Cn1c[n+](N=C([O-])c2ccc(OCCO)cc2)cn1. The maximum absolute atomic E-state index is 11.8. The summed E-state index contributed by atoms with van der Waals surface area (Å²) in [4.78, 5) is 0. The molecule has 7 nitrogen and oxygen atoms in total. The van der Waals surface area contributed by atoms with Gasteiger partial charge in [0.15, 0.2) is 0 Å². The van der Waals surface area contributed by atoms with Crippen LogP contribution in [0.5, 0.6) is 5.75 Å². The number of hydrogen-bond donors (Lipinski definition) is 1. The molecule has 0 fully saturated rings. The number of hydrogen-bond acceptors (Lipinski definition) is 5. The van der Waals surface area contributed by atoms with Crippen LogP contribution in [-0.2, 0) is 7.05 Å². The molecule has 2 aromatic rings. The molecule has 0 unspecified atom stereocenters. The van der Waals surface area contributed by atoms with Crippen LogP contribution in [0.1, 0.15) is 5.56 Å². The van der Waals surface area contributed by atoms with Crippen molar-refractivity contribution >= 4 is 5.90 Å². The summed E-state index contributed by atoms with van der Waals surface area (Å²) in [6, 6.07) is 6.56. The van der Waals surface area contributed by atoms with Crippen LogP contribution in [0.4, 0.5) is 0 Å². The molecule has 0 spiro atoms. The van der Waals surface area contributed by atoms with Crippen molar-refractivity contribution in [2.75, 3.05) is 13.2 Å². The fourth-order valence-electron chi connectivity index (χ4n) is 1.44. The van der Waals surface area contributed by atoms with E-state index in [1.165, 1.54) is 11.0 Å². The van der Waals surface area contributed by atoms with Gasteiger partial charge >= 0.3 is 0 Å². The van der Waals surface area contributed by atoms with Crippen molar-refractivity contribution in [3.63, 3.8) is 0 Å². The van der Waals surface area contributed by atoms with Crippen molar-refractivity contribution in [1.82, 2.24) is 9.78 Å². The van der Waals surface area contributed by atoms with Gasteiger partial charge in [0.05, 0.1) is 13.7 Å². The van der Waals surface area contributed by atoms with E-state index in [1.807, 2.05) is 0 Å². The van der Waals surface area contributed by atoms with Crippen LogP contribution in [0.3, 0.4) is 0 Å². The number of aryl methyl sites for hydroxylation is 1. The molecule has 0 bridgehead atoms. The first kappa shape index (κ1) is 13.0. The second-order valence-corrected chi connectivity index (χ2v) is 3.80. The summed E-state index contributed by atoms with van der Waals surface area (Å²) in [5.41, 5.74) is 0.452. The van der Waals surface area contributed by atoms with Gasteiger partial charge in [0.2, 0.25) is 6.33 Å². The Balaban J connectivity index is 2.10. The van der Waals surface area contributed by atoms with Crippen LogP contribution in [0.25, 0.3) is 0 Å². The molecule has 1 aromatic heterocycles. The summed E-state index contributed by atoms with van der Waals surface area (Å²) in [7, 11) is 1.74. The minimum atomic E-state index is -0.369. The molecular weight excluding hydrogens is 248 g/mol. The average molecular weight is 262 g/mol. The van der Waals surface area contributed by atoms with Gasteiger partial charge in [-0.2, -0.15) is 0 Å². The summed E-state index contributed by atoms with van der Waals surface area (Å²) < 4.78 is 8.09. The number of benzene rings is 1. The maximum Gasteiger partial charge on any atom is 0.288 e.